The first kappa shape index (κ1) is 9.66. The number of ether oxygens (including phenoxy) is 1. The molecule has 3 rings (SSSR count). The molecule has 1 aliphatic heterocycles. The molecule has 2 heterocycles. The van der Waals surface area contributed by atoms with Crippen LogP contribution in [0, 0.1) is 0 Å². The predicted molar refractivity (Wildman–Crippen MR) is 62.6 cm³/mol. The van der Waals surface area contributed by atoms with Crippen molar-refractivity contribution in [1.29, 1.82) is 0 Å². The summed E-state index contributed by atoms with van der Waals surface area (Å²) in [4.78, 5) is 0. The van der Waals surface area contributed by atoms with Crippen molar-refractivity contribution >= 4 is 10.9 Å². The fourth-order valence-electron chi connectivity index (χ4n) is 2.12. The molecule has 0 amide bonds. The second-order valence-corrected chi connectivity index (χ2v) is 4.22. The smallest absolute Gasteiger partial charge is 0.121 e. The second-order valence-electron chi connectivity index (χ2n) is 4.22. The average Bonchev–Trinajstić information content (AvgIpc) is 2.90. The van der Waals surface area contributed by atoms with Crippen LogP contribution in [0.1, 0.15) is 6.42 Å². The minimum absolute atomic E-state index is 0.311. The van der Waals surface area contributed by atoms with Crippen LogP contribution in [0.3, 0.4) is 0 Å². The number of aryl methyl sites for hydroxylation is 1. The van der Waals surface area contributed by atoms with Gasteiger partial charge in [-0.3, -0.25) is 4.68 Å². The molecule has 0 bridgehead atoms. The SMILES string of the molecule is Cn1ncc2ccc(OC3CCNC3)cc21. The molecule has 1 aliphatic rings. The summed E-state index contributed by atoms with van der Waals surface area (Å²) in [7, 11) is 1.95. The highest BCUT2D eigenvalue weighted by Gasteiger charge is 2.16. The molecule has 84 valence electrons. The van der Waals surface area contributed by atoms with E-state index < -0.39 is 0 Å². The van der Waals surface area contributed by atoms with Gasteiger partial charge < -0.3 is 10.1 Å². The minimum atomic E-state index is 0.311. The van der Waals surface area contributed by atoms with Gasteiger partial charge in [0, 0.05) is 25.0 Å². The Morgan fingerprint density at radius 1 is 1.50 bits per heavy atom. The normalized spacial score (nSPS) is 20.4. The molecular weight excluding hydrogens is 202 g/mol. The van der Waals surface area contributed by atoms with Crippen molar-refractivity contribution in [3.05, 3.63) is 24.4 Å². The van der Waals surface area contributed by atoms with Gasteiger partial charge in [0.1, 0.15) is 11.9 Å². The van der Waals surface area contributed by atoms with Crippen molar-refractivity contribution in [2.24, 2.45) is 7.05 Å². The number of hydrogen-bond acceptors (Lipinski definition) is 3. The Labute approximate surface area is 94.2 Å². The van der Waals surface area contributed by atoms with Crippen LogP contribution in [0.2, 0.25) is 0 Å². The summed E-state index contributed by atoms with van der Waals surface area (Å²) in [6, 6.07) is 6.13. The summed E-state index contributed by atoms with van der Waals surface area (Å²) >= 11 is 0. The van der Waals surface area contributed by atoms with E-state index in [0.717, 1.165) is 36.2 Å². The van der Waals surface area contributed by atoms with E-state index in [9.17, 15) is 0 Å². The van der Waals surface area contributed by atoms with Crippen LogP contribution in [0.5, 0.6) is 5.75 Å². The average molecular weight is 217 g/mol. The van der Waals surface area contributed by atoms with E-state index in [2.05, 4.69) is 22.5 Å². The fraction of sp³-hybridized carbons (Fsp3) is 0.417. The number of aromatic nitrogens is 2. The molecule has 0 radical (unpaired) electrons. The molecule has 0 saturated carbocycles. The number of nitrogens with zero attached hydrogens (tertiary/aromatic N) is 2. The lowest BCUT2D eigenvalue weighted by Gasteiger charge is -2.12. The second kappa shape index (κ2) is 3.79. The van der Waals surface area contributed by atoms with Gasteiger partial charge in [-0.15, -0.1) is 0 Å². The molecule has 4 nitrogen and oxygen atoms in total. The summed E-state index contributed by atoms with van der Waals surface area (Å²) in [5.41, 5.74) is 1.11. The van der Waals surface area contributed by atoms with Gasteiger partial charge in [0.05, 0.1) is 11.7 Å². The predicted octanol–water partition coefficient (Wildman–Crippen LogP) is 1.31. The maximum absolute atomic E-state index is 5.90. The van der Waals surface area contributed by atoms with E-state index in [4.69, 9.17) is 4.74 Å². The third-order valence-corrected chi connectivity index (χ3v) is 3.04. The van der Waals surface area contributed by atoms with Crippen molar-refractivity contribution < 1.29 is 4.74 Å². The number of hydrogen-bond donors (Lipinski definition) is 1. The van der Waals surface area contributed by atoms with Gasteiger partial charge in [-0.05, 0) is 25.1 Å². The van der Waals surface area contributed by atoms with Gasteiger partial charge >= 0.3 is 0 Å². The summed E-state index contributed by atoms with van der Waals surface area (Å²) < 4.78 is 7.77. The fourth-order valence-corrected chi connectivity index (χ4v) is 2.12. The highest BCUT2D eigenvalue weighted by molar-refractivity contribution is 5.79. The molecular formula is C12H15N3O. The number of benzene rings is 1. The Balaban J connectivity index is 1.88. The molecule has 2 aromatic rings. The van der Waals surface area contributed by atoms with Crippen LogP contribution in [0.25, 0.3) is 10.9 Å². The number of rotatable bonds is 2. The van der Waals surface area contributed by atoms with Crippen LogP contribution >= 0.6 is 0 Å². The van der Waals surface area contributed by atoms with E-state index in [-0.39, 0.29) is 0 Å². The Morgan fingerprint density at radius 2 is 2.44 bits per heavy atom. The molecule has 1 aromatic carbocycles. The Kier molecular flexibility index (Phi) is 2.29. The van der Waals surface area contributed by atoms with Crippen molar-refractivity contribution in [1.82, 2.24) is 15.1 Å². The van der Waals surface area contributed by atoms with Gasteiger partial charge in [-0.1, -0.05) is 0 Å². The zero-order valence-electron chi connectivity index (χ0n) is 9.31. The van der Waals surface area contributed by atoms with E-state index in [1.54, 1.807) is 0 Å². The van der Waals surface area contributed by atoms with Crippen molar-refractivity contribution in [3.8, 4) is 5.75 Å². The van der Waals surface area contributed by atoms with Crippen LogP contribution in [0.4, 0.5) is 0 Å². The standard InChI is InChI=1S/C12H15N3O/c1-15-12-6-10(3-2-9(12)7-14-15)16-11-4-5-13-8-11/h2-3,6-7,11,13H,4-5,8H2,1H3. The summed E-state index contributed by atoms with van der Waals surface area (Å²) in [6.45, 7) is 2.00. The van der Waals surface area contributed by atoms with Gasteiger partial charge in [0.15, 0.2) is 0 Å². The van der Waals surface area contributed by atoms with E-state index in [0.29, 0.717) is 6.10 Å². The molecule has 1 unspecified atom stereocenters. The highest BCUT2D eigenvalue weighted by Crippen LogP contribution is 2.21. The third-order valence-electron chi connectivity index (χ3n) is 3.04. The maximum atomic E-state index is 5.90. The molecule has 1 atom stereocenters. The van der Waals surface area contributed by atoms with Gasteiger partial charge in [-0.25, -0.2) is 0 Å². The molecule has 1 N–H and O–H groups in total. The first-order valence-corrected chi connectivity index (χ1v) is 5.62. The van der Waals surface area contributed by atoms with Crippen molar-refractivity contribution in [3.63, 3.8) is 0 Å². The summed E-state index contributed by atoms with van der Waals surface area (Å²) in [5.74, 6) is 0.935. The number of nitrogens with one attached hydrogen (secondary N) is 1. The first-order valence-electron chi connectivity index (χ1n) is 5.62. The first-order chi connectivity index (χ1) is 7.83. The highest BCUT2D eigenvalue weighted by atomic mass is 16.5. The Bertz CT molecular complexity index is 500. The van der Waals surface area contributed by atoms with E-state index >= 15 is 0 Å². The molecule has 1 aromatic heterocycles. The topological polar surface area (TPSA) is 39.1 Å². The van der Waals surface area contributed by atoms with Gasteiger partial charge in [0.25, 0.3) is 0 Å². The van der Waals surface area contributed by atoms with Crippen LogP contribution in [-0.4, -0.2) is 29.0 Å². The molecule has 1 fully saturated rings. The molecule has 0 aliphatic carbocycles. The van der Waals surface area contributed by atoms with Crippen molar-refractivity contribution in [2.75, 3.05) is 13.1 Å². The zero-order chi connectivity index (χ0) is 11.0. The molecule has 1 saturated heterocycles. The van der Waals surface area contributed by atoms with E-state index in [1.165, 1.54) is 0 Å². The maximum Gasteiger partial charge on any atom is 0.121 e. The van der Waals surface area contributed by atoms with Crippen LogP contribution < -0.4 is 10.1 Å². The van der Waals surface area contributed by atoms with Crippen molar-refractivity contribution in [2.45, 2.75) is 12.5 Å². The monoisotopic (exact) mass is 217 g/mol. The van der Waals surface area contributed by atoms with Gasteiger partial charge in [-0.2, -0.15) is 5.10 Å². The molecule has 16 heavy (non-hydrogen) atoms. The van der Waals surface area contributed by atoms with E-state index in [1.807, 2.05) is 24.0 Å². The zero-order valence-corrected chi connectivity index (χ0v) is 9.31. The van der Waals surface area contributed by atoms with Gasteiger partial charge in [0.2, 0.25) is 0 Å². The largest absolute Gasteiger partial charge is 0.489 e. The third kappa shape index (κ3) is 1.65. The summed E-state index contributed by atoms with van der Waals surface area (Å²) in [5, 5.41) is 8.66. The lowest BCUT2D eigenvalue weighted by Crippen LogP contribution is -2.19. The lowest BCUT2D eigenvalue weighted by molar-refractivity contribution is 0.223. The minimum Gasteiger partial charge on any atom is -0.489 e. The quantitative estimate of drug-likeness (QED) is 0.824. The lowest BCUT2D eigenvalue weighted by atomic mass is 10.2. The Morgan fingerprint density at radius 3 is 3.25 bits per heavy atom. The molecule has 4 heteroatoms. The number of fused-ring (bicyclic) bond motifs is 1. The van der Waals surface area contributed by atoms with Crippen LogP contribution in [-0.2, 0) is 7.05 Å². The Hall–Kier alpha value is -1.55. The van der Waals surface area contributed by atoms with Crippen LogP contribution in [0.15, 0.2) is 24.4 Å². The molecule has 0 spiro atoms. The summed E-state index contributed by atoms with van der Waals surface area (Å²) in [6.07, 6.45) is 3.27.